The van der Waals surface area contributed by atoms with Crippen molar-refractivity contribution in [2.24, 2.45) is 4.99 Å². The van der Waals surface area contributed by atoms with Crippen molar-refractivity contribution in [1.29, 1.82) is 0 Å². The topological polar surface area (TPSA) is 40.6 Å². The Hall–Kier alpha value is -2.75. The smallest absolute Gasteiger partial charge is 0.119 e. The first kappa shape index (κ1) is 14.8. The van der Waals surface area contributed by atoms with Gasteiger partial charge in [-0.15, -0.1) is 0 Å². The summed E-state index contributed by atoms with van der Waals surface area (Å²) >= 11 is 0. The van der Waals surface area contributed by atoms with E-state index in [-0.39, 0.29) is 0 Å². The Morgan fingerprint density at radius 1 is 1.12 bits per heavy atom. The number of rotatable bonds is 4. The van der Waals surface area contributed by atoms with Gasteiger partial charge in [0.25, 0.3) is 0 Å². The fourth-order valence-corrected chi connectivity index (χ4v) is 3.29. The van der Waals surface area contributed by atoms with E-state index in [0.29, 0.717) is 0 Å². The third-order valence-corrected chi connectivity index (χ3v) is 4.56. The molecule has 4 nitrogen and oxygen atoms in total. The molecule has 2 aromatic carbocycles. The Bertz CT molecular complexity index is 864. The van der Waals surface area contributed by atoms with Gasteiger partial charge in [0.05, 0.1) is 12.8 Å². The number of likely N-dealkylation sites (tertiary alicyclic amines) is 1. The summed E-state index contributed by atoms with van der Waals surface area (Å²) in [4.78, 5) is 10.6. The molecule has 122 valence electrons. The van der Waals surface area contributed by atoms with Crippen LogP contribution in [0.2, 0.25) is 0 Å². The first-order chi connectivity index (χ1) is 11.8. The van der Waals surface area contributed by atoms with E-state index in [1.54, 1.807) is 7.11 Å². The molecule has 1 N–H and O–H groups in total. The van der Waals surface area contributed by atoms with Crippen molar-refractivity contribution >= 4 is 22.4 Å². The van der Waals surface area contributed by atoms with E-state index in [9.17, 15) is 0 Å². The Labute approximate surface area is 141 Å². The standard InChI is InChI=1S/C20H21N3O/c1-24-17-10-8-16(9-11-17)22-20-7-4-12-23(20)14-15-13-21-19-6-3-2-5-18(15)19/h2-3,5-6,8-11,13,21H,4,7,12,14H2,1H3/b22-20-. The number of hydrogen-bond acceptors (Lipinski definition) is 2. The van der Waals surface area contributed by atoms with Crippen LogP contribution in [0, 0.1) is 0 Å². The number of aromatic nitrogens is 1. The zero-order valence-electron chi connectivity index (χ0n) is 13.8. The number of para-hydroxylation sites is 1. The summed E-state index contributed by atoms with van der Waals surface area (Å²) in [6, 6.07) is 16.4. The van der Waals surface area contributed by atoms with Crippen molar-refractivity contribution in [3.8, 4) is 5.75 Å². The van der Waals surface area contributed by atoms with Gasteiger partial charge in [0.15, 0.2) is 0 Å². The van der Waals surface area contributed by atoms with Gasteiger partial charge in [-0.25, -0.2) is 4.99 Å². The third kappa shape index (κ3) is 2.87. The predicted molar refractivity (Wildman–Crippen MR) is 98.0 cm³/mol. The van der Waals surface area contributed by atoms with E-state index in [0.717, 1.165) is 37.4 Å². The molecule has 2 heterocycles. The number of aromatic amines is 1. The van der Waals surface area contributed by atoms with E-state index in [1.807, 2.05) is 24.3 Å². The summed E-state index contributed by atoms with van der Waals surface area (Å²) < 4.78 is 5.21. The van der Waals surface area contributed by atoms with Crippen molar-refractivity contribution in [2.45, 2.75) is 19.4 Å². The van der Waals surface area contributed by atoms with Gasteiger partial charge in [-0.1, -0.05) is 18.2 Å². The SMILES string of the molecule is COc1ccc(/N=C2/CCCN2Cc2c[nH]c3ccccc23)cc1. The largest absolute Gasteiger partial charge is 0.497 e. The zero-order valence-corrected chi connectivity index (χ0v) is 13.8. The maximum atomic E-state index is 5.21. The molecule has 1 saturated heterocycles. The fraction of sp³-hybridized carbons (Fsp3) is 0.250. The van der Waals surface area contributed by atoms with Crippen LogP contribution in [-0.4, -0.2) is 29.4 Å². The maximum absolute atomic E-state index is 5.21. The highest BCUT2D eigenvalue weighted by atomic mass is 16.5. The van der Waals surface area contributed by atoms with Gasteiger partial charge in [0.1, 0.15) is 11.6 Å². The van der Waals surface area contributed by atoms with Gasteiger partial charge in [-0.2, -0.15) is 0 Å². The van der Waals surface area contributed by atoms with Crippen LogP contribution in [0.25, 0.3) is 10.9 Å². The minimum absolute atomic E-state index is 0.862. The minimum Gasteiger partial charge on any atom is -0.497 e. The van der Waals surface area contributed by atoms with E-state index in [1.165, 1.54) is 22.3 Å². The van der Waals surface area contributed by atoms with Crippen LogP contribution in [0.1, 0.15) is 18.4 Å². The summed E-state index contributed by atoms with van der Waals surface area (Å²) in [6.07, 6.45) is 4.32. The molecule has 1 fully saturated rings. The average molecular weight is 319 g/mol. The summed E-state index contributed by atoms with van der Waals surface area (Å²) in [5.74, 6) is 2.03. The maximum Gasteiger partial charge on any atom is 0.119 e. The van der Waals surface area contributed by atoms with Crippen LogP contribution >= 0.6 is 0 Å². The van der Waals surface area contributed by atoms with Gasteiger partial charge in [-0.05, 0) is 42.3 Å². The molecule has 3 aromatic rings. The minimum atomic E-state index is 0.862. The van der Waals surface area contributed by atoms with Gasteiger partial charge >= 0.3 is 0 Å². The molecule has 1 aromatic heterocycles. The van der Waals surface area contributed by atoms with Crippen molar-refractivity contribution in [3.63, 3.8) is 0 Å². The van der Waals surface area contributed by atoms with Gasteiger partial charge in [0, 0.05) is 36.6 Å². The molecular formula is C20H21N3O. The third-order valence-electron chi connectivity index (χ3n) is 4.56. The molecule has 0 bridgehead atoms. The second-order valence-corrected chi connectivity index (χ2v) is 6.11. The highest BCUT2D eigenvalue weighted by Crippen LogP contribution is 2.25. The van der Waals surface area contributed by atoms with Crippen molar-refractivity contribution in [3.05, 3.63) is 60.3 Å². The Morgan fingerprint density at radius 3 is 2.79 bits per heavy atom. The van der Waals surface area contributed by atoms with Gasteiger partial charge < -0.3 is 14.6 Å². The normalized spacial score (nSPS) is 16.2. The van der Waals surface area contributed by atoms with E-state index in [4.69, 9.17) is 9.73 Å². The Balaban J connectivity index is 1.57. The van der Waals surface area contributed by atoms with Crippen LogP contribution in [0.3, 0.4) is 0 Å². The number of benzene rings is 2. The van der Waals surface area contributed by atoms with Crippen LogP contribution in [0.4, 0.5) is 5.69 Å². The molecule has 4 heteroatoms. The molecule has 1 aliphatic heterocycles. The number of amidine groups is 1. The molecule has 0 saturated carbocycles. The highest BCUT2D eigenvalue weighted by Gasteiger charge is 2.20. The summed E-state index contributed by atoms with van der Waals surface area (Å²) in [5, 5.41) is 1.30. The number of aliphatic imine (C=N–C) groups is 1. The van der Waals surface area contributed by atoms with Gasteiger partial charge in [0.2, 0.25) is 0 Å². The molecule has 4 rings (SSSR count). The molecule has 0 aliphatic carbocycles. The quantitative estimate of drug-likeness (QED) is 0.769. The average Bonchev–Trinajstić information content (AvgIpc) is 3.24. The number of nitrogens with zero attached hydrogens (tertiary/aromatic N) is 2. The number of fused-ring (bicyclic) bond motifs is 1. The van der Waals surface area contributed by atoms with Crippen LogP contribution in [0.15, 0.2) is 59.7 Å². The molecule has 0 unspecified atom stereocenters. The first-order valence-electron chi connectivity index (χ1n) is 8.35. The lowest BCUT2D eigenvalue weighted by Crippen LogP contribution is -2.23. The number of methoxy groups -OCH3 is 1. The lowest BCUT2D eigenvalue weighted by Gasteiger charge is -2.18. The van der Waals surface area contributed by atoms with Crippen molar-refractivity contribution in [1.82, 2.24) is 9.88 Å². The van der Waals surface area contributed by atoms with Crippen LogP contribution < -0.4 is 4.74 Å². The first-order valence-corrected chi connectivity index (χ1v) is 8.35. The number of H-pyrrole nitrogens is 1. The van der Waals surface area contributed by atoms with Crippen molar-refractivity contribution in [2.75, 3.05) is 13.7 Å². The summed E-state index contributed by atoms with van der Waals surface area (Å²) in [5.41, 5.74) is 3.51. The van der Waals surface area contributed by atoms with Crippen LogP contribution in [0.5, 0.6) is 5.75 Å². The molecule has 0 radical (unpaired) electrons. The second-order valence-electron chi connectivity index (χ2n) is 6.11. The monoisotopic (exact) mass is 319 g/mol. The molecule has 24 heavy (non-hydrogen) atoms. The Morgan fingerprint density at radius 2 is 1.96 bits per heavy atom. The number of ether oxygens (including phenoxy) is 1. The van der Waals surface area contributed by atoms with Crippen LogP contribution in [-0.2, 0) is 6.54 Å². The Kier molecular flexibility index (Phi) is 3.95. The van der Waals surface area contributed by atoms with Gasteiger partial charge in [-0.3, -0.25) is 0 Å². The highest BCUT2D eigenvalue weighted by molar-refractivity contribution is 5.88. The fourth-order valence-electron chi connectivity index (χ4n) is 3.29. The van der Waals surface area contributed by atoms with E-state index < -0.39 is 0 Å². The molecular weight excluding hydrogens is 298 g/mol. The molecule has 1 aliphatic rings. The summed E-state index contributed by atoms with van der Waals surface area (Å²) in [7, 11) is 1.68. The van der Waals surface area contributed by atoms with E-state index >= 15 is 0 Å². The molecule has 0 spiro atoms. The lowest BCUT2D eigenvalue weighted by molar-refractivity contribution is 0.415. The number of hydrogen-bond donors (Lipinski definition) is 1. The molecule has 0 atom stereocenters. The zero-order chi connectivity index (χ0) is 16.4. The number of nitrogens with one attached hydrogen (secondary N) is 1. The lowest BCUT2D eigenvalue weighted by atomic mass is 10.1. The van der Waals surface area contributed by atoms with Crippen molar-refractivity contribution < 1.29 is 4.74 Å². The van der Waals surface area contributed by atoms with E-state index in [2.05, 4.69) is 40.3 Å². The second kappa shape index (κ2) is 6.40. The molecule has 0 amide bonds. The summed E-state index contributed by atoms with van der Waals surface area (Å²) in [6.45, 7) is 1.97. The predicted octanol–water partition coefficient (Wildman–Crippen LogP) is 4.50.